The zero-order chi connectivity index (χ0) is 29.3. The van der Waals surface area contributed by atoms with Crippen molar-refractivity contribution >= 4 is 33.3 Å². The molecule has 1 atom stereocenters. The Hall–Kier alpha value is -5.87. The van der Waals surface area contributed by atoms with Gasteiger partial charge in [-0.1, -0.05) is 146 Å². The van der Waals surface area contributed by atoms with Crippen molar-refractivity contribution in [1.82, 2.24) is 10.3 Å². The van der Waals surface area contributed by atoms with E-state index in [9.17, 15) is 0 Å². The molecule has 4 heteroatoms. The van der Waals surface area contributed by atoms with Gasteiger partial charge in [0.05, 0.1) is 11.2 Å². The number of amidine groups is 2. The number of pyridine rings is 1. The summed E-state index contributed by atoms with van der Waals surface area (Å²) in [6.07, 6.45) is -0.260. The molecule has 0 saturated carbocycles. The maximum Gasteiger partial charge on any atom is 0.160 e. The summed E-state index contributed by atoms with van der Waals surface area (Å²) in [5, 5.41) is 6.91. The number of fused-ring (bicyclic) bond motifs is 3. The summed E-state index contributed by atoms with van der Waals surface area (Å²) in [5.41, 5.74) is 8.42. The fourth-order valence-electron chi connectivity index (χ4n) is 6.01. The lowest BCUT2D eigenvalue weighted by Crippen LogP contribution is -2.33. The van der Waals surface area contributed by atoms with Crippen LogP contribution < -0.4 is 5.32 Å². The first kappa shape index (κ1) is 25.8. The van der Waals surface area contributed by atoms with E-state index in [-0.39, 0.29) is 6.17 Å². The second-order valence-corrected chi connectivity index (χ2v) is 10.9. The lowest BCUT2D eigenvalue weighted by molar-refractivity contribution is 0.674. The fraction of sp³-hybridized carbons (Fsp3) is 0.0250. The third-order valence-electron chi connectivity index (χ3n) is 8.13. The van der Waals surface area contributed by atoms with E-state index < -0.39 is 0 Å². The number of rotatable bonds is 5. The van der Waals surface area contributed by atoms with Crippen molar-refractivity contribution < 1.29 is 0 Å². The van der Waals surface area contributed by atoms with Crippen LogP contribution in [0.3, 0.4) is 0 Å². The SMILES string of the molecule is c1ccc(C2=NC(c3cccc4c3ccc3nc(-c5ccccc5)cc(-c5ccccc5)c34)=NC(c3ccccc3)N2)cc1. The van der Waals surface area contributed by atoms with Crippen LogP contribution in [0.15, 0.2) is 168 Å². The van der Waals surface area contributed by atoms with Crippen LogP contribution in [-0.2, 0) is 0 Å². The molecular weight excluding hydrogens is 536 g/mol. The van der Waals surface area contributed by atoms with E-state index in [2.05, 4.69) is 121 Å². The summed E-state index contributed by atoms with van der Waals surface area (Å²) < 4.78 is 0. The summed E-state index contributed by atoms with van der Waals surface area (Å²) >= 11 is 0. The van der Waals surface area contributed by atoms with Crippen molar-refractivity contribution in [2.75, 3.05) is 0 Å². The highest BCUT2D eigenvalue weighted by molar-refractivity contribution is 6.22. The number of benzene rings is 6. The Balaban J connectivity index is 1.36. The van der Waals surface area contributed by atoms with E-state index in [4.69, 9.17) is 15.0 Å². The maximum atomic E-state index is 5.17. The largest absolute Gasteiger partial charge is 0.344 e. The van der Waals surface area contributed by atoms with Crippen molar-refractivity contribution in [1.29, 1.82) is 0 Å². The molecule has 0 spiro atoms. The molecule has 0 aliphatic carbocycles. The Kier molecular flexibility index (Phi) is 6.50. The fourth-order valence-corrected chi connectivity index (χ4v) is 6.01. The van der Waals surface area contributed by atoms with Crippen molar-refractivity contribution in [2.45, 2.75) is 6.17 Å². The minimum absolute atomic E-state index is 0.260. The maximum absolute atomic E-state index is 5.17. The van der Waals surface area contributed by atoms with Gasteiger partial charge in [-0.2, -0.15) is 0 Å². The molecule has 8 rings (SSSR count). The molecule has 1 N–H and O–H groups in total. The number of nitrogens with zero attached hydrogens (tertiary/aromatic N) is 3. The second-order valence-electron chi connectivity index (χ2n) is 10.9. The minimum atomic E-state index is -0.260. The summed E-state index contributed by atoms with van der Waals surface area (Å²) in [6.45, 7) is 0. The second kappa shape index (κ2) is 11.1. The molecule has 0 saturated heterocycles. The van der Waals surface area contributed by atoms with Gasteiger partial charge in [0, 0.05) is 22.1 Å². The van der Waals surface area contributed by atoms with E-state index in [1.807, 2.05) is 42.5 Å². The lowest BCUT2D eigenvalue weighted by Gasteiger charge is -2.24. The molecule has 44 heavy (non-hydrogen) atoms. The van der Waals surface area contributed by atoms with Crippen molar-refractivity contribution in [3.63, 3.8) is 0 Å². The zero-order valence-electron chi connectivity index (χ0n) is 23.9. The molecule has 0 fully saturated rings. The molecule has 6 aromatic carbocycles. The Bertz CT molecular complexity index is 2170. The van der Waals surface area contributed by atoms with Crippen LogP contribution in [0.1, 0.15) is 22.9 Å². The smallest absolute Gasteiger partial charge is 0.160 e. The number of aliphatic imine (C=N–C) groups is 2. The standard InChI is InChI=1S/C40H28N4/c1-5-14-27(15-6-1)34-26-36(28-16-7-2-8-17-28)41-35-25-24-31-32(37(34)35)22-13-23-33(31)40-43-38(29-18-9-3-10-19-29)42-39(44-40)30-20-11-4-12-21-30/h1-26,38H,(H,42,43,44). The van der Waals surface area contributed by atoms with Crippen LogP contribution in [0.25, 0.3) is 44.1 Å². The first-order valence-electron chi connectivity index (χ1n) is 14.8. The molecule has 0 radical (unpaired) electrons. The highest BCUT2D eigenvalue weighted by Crippen LogP contribution is 2.38. The van der Waals surface area contributed by atoms with Gasteiger partial charge in [-0.3, -0.25) is 0 Å². The highest BCUT2D eigenvalue weighted by Gasteiger charge is 2.22. The average molecular weight is 565 g/mol. The highest BCUT2D eigenvalue weighted by atomic mass is 15.2. The predicted molar refractivity (Wildman–Crippen MR) is 182 cm³/mol. The van der Waals surface area contributed by atoms with Crippen LogP contribution in [0.2, 0.25) is 0 Å². The molecule has 7 aromatic rings. The molecule has 0 bridgehead atoms. The third kappa shape index (κ3) is 4.73. The Labute approximate surface area is 256 Å². The molecule has 1 aliphatic rings. The Morgan fingerprint density at radius 2 is 1.14 bits per heavy atom. The average Bonchev–Trinajstić information content (AvgIpc) is 3.12. The number of hydrogen-bond acceptors (Lipinski definition) is 4. The van der Waals surface area contributed by atoms with Crippen molar-refractivity contribution in [3.8, 4) is 22.4 Å². The van der Waals surface area contributed by atoms with Crippen LogP contribution in [0.5, 0.6) is 0 Å². The molecule has 1 unspecified atom stereocenters. The first-order chi connectivity index (χ1) is 21.8. The van der Waals surface area contributed by atoms with Gasteiger partial charge < -0.3 is 5.32 Å². The molecular formula is C40H28N4. The minimum Gasteiger partial charge on any atom is -0.344 e. The van der Waals surface area contributed by atoms with Gasteiger partial charge in [0.15, 0.2) is 5.84 Å². The molecule has 4 nitrogen and oxygen atoms in total. The lowest BCUT2D eigenvalue weighted by atomic mass is 9.93. The Morgan fingerprint density at radius 3 is 1.84 bits per heavy atom. The Morgan fingerprint density at radius 1 is 0.500 bits per heavy atom. The summed E-state index contributed by atoms with van der Waals surface area (Å²) in [4.78, 5) is 15.4. The number of hydrogen-bond donors (Lipinski definition) is 1. The van der Waals surface area contributed by atoms with E-state index in [0.29, 0.717) is 5.84 Å². The van der Waals surface area contributed by atoms with Gasteiger partial charge in [-0.15, -0.1) is 0 Å². The molecule has 208 valence electrons. The van der Waals surface area contributed by atoms with Crippen molar-refractivity contribution in [2.24, 2.45) is 9.98 Å². The topological polar surface area (TPSA) is 49.6 Å². The van der Waals surface area contributed by atoms with Gasteiger partial charge in [-0.25, -0.2) is 15.0 Å². The van der Waals surface area contributed by atoms with Crippen molar-refractivity contribution in [3.05, 3.63) is 174 Å². The van der Waals surface area contributed by atoms with E-state index in [1.54, 1.807) is 0 Å². The summed E-state index contributed by atoms with van der Waals surface area (Å²) in [6, 6.07) is 54.5. The van der Waals surface area contributed by atoms with E-state index in [0.717, 1.165) is 66.6 Å². The summed E-state index contributed by atoms with van der Waals surface area (Å²) in [7, 11) is 0. The van der Waals surface area contributed by atoms with E-state index >= 15 is 0 Å². The van der Waals surface area contributed by atoms with Gasteiger partial charge in [0.1, 0.15) is 12.0 Å². The van der Waals surface area contributed by atoms with Crippen LogP contribution in [0.4, 0.5) is 0 Å². The van der Waals surface area contributed by atoms with Gasteiger partial charge >= 0.3 is 0 Å². The molecule has 0 amide bonds. The molecule has 1 aromatic heterocycles. The van der Waals surface area contributed by atoms with Crippen LogP contribution in [-0.4, -0.2) is 16.7 Å². The van der Waals surface area contributed by atoms with E-state index in [1.165, 1.54) is 0 Å². The monoisotopic (exact) mass is 564 g/mol. The summed E-state index contributed by atoms with van der Waals surface area (Å²) in [5.74, 6) is 1.51. The zero-order valence-corrected chi connectivity index (χ0v) is 23.9. The number of nitrogens with one attached hydrogen (secondary N) is 1. The molecule has 1 aliphatic heterocycles. The first-order valence-corrected chi connectivity index (χ1v) is 14.8. The molecule has 2 heterocycles. The van der Waals surface area contributed by atoms with Crippen LogP contribution >= 0.6 is 0 Å². The number of aromatic nitrogens is 1. The van der Waals surface area contributed by atoms with Gasteiger partial charge in [0.2, 0.25) is 0 Å². The predicted octanol–water partition coefficient (Wildman–Crippen LogP) is 9.22. The van der Waals surface area contributed by atoms with Crippen LogP contribution in [0, 0.1) is 0 Å². The normalized spacial score (nSPS) is 14.6. The van der Waals surface area contributed by atoms with Gasteiger partial charge in [0.25, 0.3) is 0 Å². The van der Waals surface area contributed by atoms with Gasteiger partial charge in [-0.05, 0) is 39.6 Å². The quantitative estimate of drug-likeness (QED) is 0.212. The third-order valence-corrected chi connectivity index (χ3v) is 8.13.